The van der Waals surface area contributed by atoms with Gasteiger partial charge >= 0.3 is 6.18 Å². The number of oxazole rings is 1. The summed E-state index contributed by atoms with van der Waals surface area (Å²) < 4.78 is 55.8. The average Bonchev–Trinajstić information content (AvgIpc) is 3.60. The molecule has 0 saturated carbocycles. The molecule has 0 radical (unpaired) electrons. The molecule has 12 heteroatoms. The third-order valence-corrected chi connectivity index (χ3v) is 5.90. The van der Waals surface area contributed by atoms with Crippen LogP contribution in [0.4, 0.5) is 13.2 Å². The fourth-order valence-electron chi connectivity index (χ4n) is 4.28. The lowest BCUT2D eigenvalue weighted by atomic mass is 10.1. The Hall–Kier alpha value is -4.87. The van der Waals surface area contributed by atoms with Crippen molar-refractivity contribution in [1.82, 2.24) is 29.4 Å². The average molecular weight is 506 g/mol. The predicted octanol–water partition coefficient (Wildman–Crippen LogP) is 4.93. The maximum Gasteiger partial charge on any atom is 0.435 e. The van der Waals surface area contributed by atoms with Crippen LogP contribution < -0.4 is 10.3 Å². The van der Waals surface area contributed by atoms with Gasteiger partial charge in [0.15, 0.2) is 16.8 Å². The first-order valence-corrected chi connectivity index (χ1v) is 11.0. The molecule has 4 heterocycles. The Bertz CT molecular complexity index is 1850. The monoisotopic (exact) mass is 506 g/mol. The van der Waals surface area contributed by atoms with Crippen molar-refractivity contribution in [1.29, 1.82) is 0 Å². The molecule has 0 bridgehead atoms. The number of para-hydroxylation sites is 1. The number of aromatic amines is 1. The molecule has 6 rings (SSSR count). The minimum atomic E-state index is -4.83. The van der Waals surface area contributed by atoms with Gasteiger partial charge in [-0.15, -0.1) is 0 Å². The van der Waals surface area contributed by atoms with Crippen LogP contribution in [0.15, 0.2) is 70.0 Å². The number of halogens is 3. The first-order chi connectivity index (χ1) is 17.8. The van der Waals surface area contributed by atoms with Gasteiger partial charge in [-0.05, 0) is 23.8 Å². The number of nitrogens with one attached hydrogen (secondary N) is 1. The molecule has 0 aliphatic heterocycles. The van der Waals surface area contributed by atoms with Gasteiger partial charge in [0.2, 0.25) is 5.89 Å². The molecule has 0 aliphatic rings. The van der Waals surface area contributed by atoms with E-state index in [2.05, 4.69) is 20.2 Å². The Kier molecular flexibility index (Phi) is 4.93. The first-order valence-electron chi connectivity index (χ1n) is 11.0. The van der Waals surface area contributed by atoms with Gasteiger partial charge in [-0.3, -0.25) is 9.48 Å². The normalized spacial score (nSPS) is 12.0. The summed E-state index contributed by atoms with van der Waals surface area (Å²) in [6.45, 7) is 0. The van der Waals surface area contributed by atoms with Gasteiger partial charge in [-0.2, -0.15) is 27.9 Å². The molecule has 0 aliphatic carbocycles. The van der Waals surface area contributed by atoms with Crippen LogP contribution in [0.25, 0.3) is 50.7 Å². The van der Waals surface area contributed by atoms with E-state index in [1.807, 2.05) is 0 Å². The van der Waals surface area contributed by atoms with Crippen molar-refractivity contribution < 1.29 is 22.3 Å². The van der Waals surface area contributed by atoms with Gasteiger partial charge in [0, 0.05) is 13.2 Å². The lowest BCUT2D eigenvalue weighted by molar-refractivity contribution is -0.140. The van der Waals surface area contributed by atoms with E-state index >= 15 is 0 Å². The molecule has 0 amide bonds. The zero-order chi connectivity index (χ0) is 25.9. The molecule has 37 heavy (non-hydrogen) atoms. The molecule has 9 nitrogen and oxygen atoms in total. The van der Waals surface area contributed by atoms with Crippen molar-refractivity contribution in [2.45, 2.75) is 6.18 Å². The van der Waals surface area contributed by atoms with Gasteiger partial charge < -0.3 is 14.1 Å². The summed E-state index contributed by atoms with van der Waals surface area (Å²) >= 11 is 0. The molecule has 2 aromatic carbocycles. The first kappa shape index (κ1) is 22.6. The molecule has 0 atom stereocenters. The van der Waals surface area contributed by atoms with Gasteiger partial charge in [-0.1, -0.05) is 36.4 Å². The number of fused-ring (bicyclic) bond motifs is 2. The van der Waals surface area contributed by atoms with Crippen molar-refractivity contribution in [3.63, 3.8) is 0 Å². The van der Waals surface area contributed by atoms with Crippen LogP contribution in [0.2, 0.25) is 0 Å². The maximum atomic E-state index is 14.1. The van der Waals surface area contributed by atoms with Crippen LogP contribution in [-0.2, 0) is 13.2 Å². The van der Waals surface area contributed by atoms with Crippen LogP contribution in [-0.4, -0.2) is 36.5 Å². The summed E-state index contributed by atoms with van der Waals surface area (Å²) in [6.07, 6.45) is -3.18. The number of alkyl halides is 3. The Morgan fingerprint density at radius 3 is 2.46 bits per heavy atom. The van der Waals surface area contributed by atoms with Gasteiger partial charge in [0.25, 0.3) is 5.56 Å². The zero-order valence-corrected chi connectivity index (χ0v) is 19.4. The molecular weight excluding hydrogens is 489 g/mol. The Morgan fingerprint density at radius 1 is 1.00 bits per heavy atom. The van der Waals surface area contributed by atoms with Crippen LogP contribution in [0.5, 0.6) is 5.75 Å². The summed E-state index contributed by atoms with van der Waals surface area (Å²) in [5.41, 5.74) is -1.20. The number of rotatable bonds is 4. The second-order valence-electron chi connectivity index (χ2n) is 8.23. The number of benzene rings is 2. The molecule has 0 unspecified atom stereocenters. The molecular formula is C25H17F3N6O3. The predicted molar refractivity (Wildman–Crippen MR) is 128 cm³/mol. The lowest BCUT2D eigenvalue weighted by Gasteiger charge is -2.08. The van der Waals surface area contributed by atoms with Crippen molar-refractivity contribution in [2.75, 3.05) is 7.11 Å². The van der Waals surface area contributed by atoms with Crippen LogP contribution in [0.3, 0.4) is 0 Å². The van der Waals surface area contributed by atoms with Crippen LogP contribution in [0.1, 0.15) is 5.69 Å². The highest BCUT2D eigenvalue weighted by Crippen LogP contribution is 2.39. The van der Waals surface area contributed by atoms with E-state index in [-0.39, 0.29) is 33.9 Å². The number of H-pyrrole nitrogens is 1. The quantitative estimate of drug-likeness (QED) is 0.364. The van der Waals surface area contributed by atoms with E-state index in [0.29, 0.717) is 27.1 Å². The number of hydrogen-bond acceptors (Lipinski definition) is 6. The highest BCUT2D eigenvalue weighted by atomic mass is 19.4. The van der Waals surface area contributed by atoms with Crippen LogP contribution >= 0.6 is 0 Å². The standard InChI is InChI=1S/C25H17F3N6O3/c1-33-12-11-14(31-33)19-18(23-30-20-15(36-2)9-6-10-16(20)37-23)24(35)34-22(29-19)17(13-7-4-3-5-8-13)21(32-34)25(26,27)28/h3-12,29H,1-2H3. The second-order valence-corrected chi connectivity index (χ2v) is 8.23. The highest BCUT2D eigenvalue weighted by Gasteiger charge is 2.40. The van der Waals surface area contributed by atoms with Gasteiger partial charge in [0.05, 0.1) is 18.4 Å². The largest absolute Gasteiger partial charge is 0.494 e. The van der Waals surface area contributed by atoms with E-state index in [0.717, 1.165) is 0 Å². The van der Waals surface area contributed by atoms with Crippen molar-refractivity contribution in [3.8, 4) is 39.7 Å². The zero-order valence-electron chi connectivity index (χ0n) is 19.4. The van der Waals surface area contributed by atoms with Gasteiger partial charge in [0.1, 0.15) is 22.7 Å². The molecule has 0 fully saturated rings. The third-order valence-electron chi connectivity index (χ3n) is 5.90. The summed E-state index contributed by atoms with van der Waals surface area (Å²) in [6, 6.07) is 14.6. The summed E-state index contributed by atoms with van der Waals surface area (Å²) in [4.78, 5) is 21.3. The molecule has 1 N–H and O–H groups in total. The van der Waals surface area contributed by atoms with Crippen LogP contribution in [0, 0.1) is 0 Å². The lowest BCUT2D eigenvalue weighted by Crippen LogP contribution is -2.20. The SMILES string of the molecule is COc1cccc2oc(-c3c(-c4ccn(C)n4)[nH]c4c(-c5ccccc5)c(C(F)(F)F)nn4c3=O)nc12. The van der Waals surface area contributed by atoms with E-state index in [1.165, 1.54) is 23.9 Å². The molecule has 0 saturated heterocycles. The number of hydrogen-bond donors (Lipinski definition) is 1. The summed E-state index contributed by atoms with van der Waals surface area (Å²) in [7, 11) is 3.15. The fourth-order valence-corrected chi connectivity index (χ4v) is 4.28. The van der Waals surface area contributed by atoms with Gasteiger partial charge in [-0.25, -0.2) is 4.98 Å². The topological polar surface area (TPSA) is 103 Å². The van der Waals surface area contributed by atoms with Crippen molar-refractivity contribution in [3.05, 3.63) is 76.8 Å². The van der Waals surface area contributed by atoms with E-state index < -0.39 is 17.4 Å². The number of ether oxygens (including phenoxy) is 1. The number of nitrogens with zero attached hydrogens (tertiary/aromatic N) is 5. The fraction of sp³-hybridized carbons (Fsp3) is 0.120. The number of aryl methyl sites for hydroxylation is 1. The summed E-state index contributed by atoms with van der Waals surface area (Å²) in [5.74, 6) is 0.294. The van der Waals surface area contributed by atoms with E-state index in [4.69, 9.17) is 9.15 Å². The molecule has 186 valence electrons. The number of aromatic nitrogens is 6. The minimum Gasteiger partial charge on any atom is -0.494 e. The maximum absolute atomic E-state index is 14.1. The Labute approximate surface area is 205 Å². The summed E-state index contributed by atoms with van der Waals surface area (Å²) in [5, 5.41) is 8.06. The molecule has 4 aromatic heterocycles. The van der Waals surface area contributed by atoms with E-state index in [9.17, 15) is 18.0 Å². The Balaban J connectivity index is 1.74. The Morgan fingerprint density at radius 2 is 1.78 bits per heavy atom. The number of methoxy groups -OCH3 is 1. The second kappa shape index (κ2) is 8.08. The van der Waals surface area contributed by atoms with Crippen molar-refractivity contribution >= 4 is 16.7 Å². The van der Waals surface area contributed by atoms with E-state index in [1.54, 1.807) is 55.7 Å². The molecule has 6 aromatic rings. The van der Waals surface area contributed by atoms with Crippen molar-refractivity contribution in [2.24, 2.45) is 7.05 Å². The smallest absolute Gasteiger partial charge is 0.435 e. The third kappa shape index (κ3) is 3.56. The molecule has 0 spiro atoms. The minimum absolute atomic E-state index is 0.117. The highest BCUT2D eigenvalue weighted by molar-refractivity contribution is 5.87.